The summed E-state index contributed by atoms with van der Waals surface area (Å²) in [5.74, 6) is -3.76. The van der Waals surface area contributed by atoms with E-state index in [4.69, 9.17) is 18.4 Å². The lowest BCUT2D eigenvalue weighted by atomic mass is 9.52. The van der Waals surface area contributed by atoms with Gasteiger partial charge in [0.15, 0.2) is 31.2 Å². The van der Waals surface area contributed by atoms with Gasteiger partial charge < -0.3 is 18.4 Å². The Morgan fingerprint density at radius 3 is 2.15 bits per heavy atom. The molecule has 0 N–H and O–H groups in total. The molecule has 3 aliphatic rings. The molecule has 1 fully saturated rings. The van der Waals surface area contributed by atoms with Gasteiger partial charge in [0.2, 0.25) is 5.78 Å². The predicted octanol–water partition coefficient (Wildman–Crippen LogP) is 7.77. The molecule has 6 atom stereocenters. The van der Waals surface area contributed by atoms with Crippen LogP contribution in [0.5, 0.6) is 11.6 Å². The smallest absolute Gasteiger partial charge is 0.265 e. The zero-order valence-electron chi connectivity index (χ0n) is 31.4. The SMILES string of the molecule is C=C[C@H]1c2cncc(OCc3ccccc3)c2C(=O)C2C(=O)[C@]3(O[Si](C)(C)C(C)(C)C)C(=O)c4c(OCc5ccccc5)noc4[C@@H](N(C)C)[C@@H]3C[C@@H]21. The summed E-state index contributed by atoms with van der Waals surface area (Å²) in [6.45, 7) is 14.8. The van der Waals surface area contributed by atoms with Crippen molar-refractivity contribution in [3.63, 3.8) is 0 Å². The second-order valence-corrected chi connectivity index (χ2v) is 20.9. The maximum absolute atomic E-state index is 15.7. The van der Waals surface area contributed by atoms with Crippen LogP contribution in [0.15, 0.2) is 90.2 Å². The number of Topliss-reactive ketones (excluding diaryl/α,β-unsaturated/α-hetero) is 3. The van der Waals surface area contributed by atoms with Crippen molar-refractivity contribution in [1.29, 1.82) is 0 Å². The fraction of sp³-hybridized carbons (Fsp3) is 0.405. The molecule has 0 spiro atoms. The number of nitrogens with zero attached hydrogens (tertiary/aromatic N) is 3. The van der Waals surface area contributed by atoms with Crippen molar-refractivity contribution in [3.8, 4) is 11.6 Å². The first-order chi connectivity index (χ1) is 25.2. The van der Waals surface area contributed by atoms with Crippen LogP contribution in [0.4, 0.5) is 0 Å². The van der Waals surface area contributed by atoms with Gasteiger partial charge in [0.25, 0.3) is 5.88 Å². The fourth-order valence-corrected chi connectivity index (χ4v) is 9.68. The van der Waals surface area contributed by atoms with Crippen LogP contribution in [-0.2, 0) is 22.4 Å². The van der Waals surface area contributed by atoms with Gasteiger partial charge in [-0.05, 0) is 66.4 Å². The minimum Gasteiger partial charge on any atom is -0.487 e. The van der Waals surface area contributed by atoms with E-state index in [1.165, 1.54) is 6.20 Å². The standard InChI is InChI=1S/C42H47N3O7Si/c1-9-27-28-20-30-35(45(5)6)37-34(40(44-51-37)50-24-26-18-14-11-15-19-26)39(48)42(30,52-53(7,8)41(2,3)4)38(47)33(28)36(46)32-29(27)21-43-22-31(32)49-23-25-16-12-10-13-17-25/h9-19,21-22,27-28,30,33,35H,1,20,23-24H2,2-8H3/t27-,28-,30+,33?,35+,42+/m1/s1. The van der Waals surface area contributed by atoms with Gasteiger partial charge in [-0.25, -0.2) is 0 Å². The van der Waals surface area contributed by atoms with Crippen LogP contribution < -0.4 is 9.47 Å². The number of ether oxygens (including phenoxy) is 2. The summed E-state index contributed by atoms with van der Waals surface area (Å²) in [5, 5.41) is 3.89. The molecule has 2 heterocycles. The molecule has 0 saturated heterocycles. The van der Waals surface area contributed by atoms with Crippen molar-refractivity contribution in [1.82, 2.24) is 15.0 Å². The zero-order valence-corrected chi connectivity index (χ0v) is 32.4. The monoisotopic (exact) mass is 733 g/mol. The Morgan fingerprint density at radius 2 is 1.57 bits per heavy atom. The van der Waals surface area contributed by atoms with Gasteiger partial charge in [-0.15, -0.1) is 6.58 Å². The van der Waals surface area contributed by atoms with E-state index in [1.807, 2.05) is 92.8 Å². The number of pyridine rings is 1. The first-order valence-corrected chi connectivity index (χ1v) is 21.1. The maximum atomic E-state index is 15.7. The van der Waals surface area contributed by atoms with Crippen LogP contribution in [0.25, 0.3) is 0 Å². The molecule has 1 unspecified atom stereocenters. The van der Waals surface area contributed by atoms with Gasteiger partial charge in [-0.1, -0.05) is 87.5 Å². The molecule has 3 aliphatic carbocycles. The van der Waals surface area contributed by atoms with Gasteiger partial charge >= 0.3 is 0 Å². The molecule has 4 aromatic rings. The van der Waals surface area contributed by atoms with E-state index in [0.717, 1.165) is 11.1 Å². The van der Waals surface area contributed by atoms with Crippen molar-refractivity contribution in [2.45, 2.75) is 76.1 Å². The first kappa shape index (κ1) is 36.6. The minimum atomic E-state index is -2.90. The Hall–Kier alpha value is -4.71. The van der Waals surface area contributed by atoms with Gasteiger partial charge in [0.05, 0.1) is 23.7 Å². The number of ketones is 3. The lowest BCUT2D eigenvalue weighted by Crippen LogP contribution is -2.70. The quantitative estimate of drug-likeness (QED) is 0.0908. The molecular weight excluding hydrogens is 687 g/mol. The van der Waals surface area contributed by atoms with Crippen LogP contribution in [-0.4, -0.2) is 60.4 Å². The normalized spacial score (nSPS) is 25.3. The molecule has 53 heavy (non-hydrogen) atoms. The summed E-state index contributed by atoms with van der Waals surface area (Å²) in [6, 6.07) is 18.6. The Balaban J connectivity index is 1.38. The molecule has 0 radical (unpaired) electrons. The summed E-state index contributed by atoms with van der Waals surface area (Å²) < 4.78 is 25.6. The summed E-state index contributed by atoms with van der Waals surface area (Å²) in [5.41, 5.74) is 0.812. The van der Waals surface area contributed by atoms with Crippen molar-refractivity contribution in [3.05, 3.63) is 119 Å². The number of hydrogen-bond donors (Lipinski definition) is 0. The van der Waals surface area contributed by atoms with Gasteiger partial charge in [-0.2, -0.15) is 0 Å². The van der Waals surface area contributed by atoms with Crippen molar-refractivity contribution < 1.29 is 32.8 Å². The molecule has 276 valence electrons. The Labute approximate surface area is 311 Å². The van der Waals surface area contributed by atoms with Crippen LogP contribution in [0.1, 0.15) is 82.3 Å². The number of fused-ring (bicyclic) bond motifs is 4. The second-order valence-electron chi connectivity index (χ2n) is 16.2. The highest BCUT2D eigenvalue weighted by molar-refractivity contribution is 6.74. The van der Waals surface area contributed by atoms with E-state index in [0.29, 0.717) is 23.3 Å². The second kappa shape index (κ2) is 13.6. The number of aromatic nitrogens is 2. The third-order valence-electron chi connectivity index (χ3n) is 11.8. The average molecular weight is 734 g/mol. The molecule has 0 bridgehead atoms. The van der Waals surface area contributed by atoms with Crippen LogP contribution in [0, 0.1) is 17.8 Å². The zero-order chi connectivity index (χ0) is 37.9. The molecule has 0 aliphatic heterocycles. The number of benzene rings is 2. The number of carbonyl (C=O) groups excluding carboxylic acids is 3. The van der Waals surface area contributed by atoms with Crippen LogP contribution in [0.2, 0.25) is 18.1 Å². The summed E-state index contributed by atoms with van der Waals surface area (Å²) in [7, 11) is 0.871. The molecule has 2 aromatic carbocycles. The summed E-state index contributed by atoms with van der Waals surface area (Å²) in [6.07, 6.45) is 5.28. The molecule has 10 nitrogen and oxygen atoms in total. The number of allylic oxidation sites excluding steroid dienone is 1. The largest absolute Gasteiger partial charge is 0.487 e. The van der Waals surface area contributed by atoms with Crippen molar-refractivity contribution in [2.24, 2.45) is 17.8 Å². The average Bonchev–Trinajstić information content (AvgIpc) is 3.54. The first-order valence-electron chi connectivity index (χ1n) is 18.1. The Morgan fingerprint density at radius 1 is 0.943 bits per heavy atom. The molecule has 7 rings (SSSR count). The number of carbonyl (C=O) groups is 3. The topological polar surface area (TPSA) is 121 Å². The Bertz CT molecular complexity index is 2060. The van der Waals surface area contributed by atoms with E-state index in [9.17, 15) is 4.79 Å². The molecule has 1 saturated carbocycles. The third kappa shape index (κ3) is 5.99. The van der Waals surface area contributed by atoms with E-state index in [2.05, 4.69) is 37.5 Å². The van der Waals surface area contributed by atoms with Crippen LogP contribution in [0.3, 0.4) is 0 Å². The van der Waals surface area contributed by atoms with E-state index in [-0.39, 0.29) is 35.4 Å². The van der Waals surface area contributed by atoms with E-state index < -0.39 is 61.0 Å². The number of hydrogen-bond acceptors (Lipinski definition) is 10. The molecule has 2 aromatic heterocycles. The van der Waals surface area contributed by atoms with Crippen LogP contribution >= 0.6 is 0 Å². The molecule has 0 amide bonds. The van der Waals surface area contributed by atoms with Gasteiger partial charge in [-0.3, -0.25) is 24.3 Å². The maximum Gasteiger partial charge on any atom is 0.265 e. The number of rotatable bonds is 10. The van der Waals surface area contributed by atoms with E-state index >= 15 is 9.59 Å². The van der Waals surface area contributed by atoms with Gasteiger partial charge in [0.1, 0.15) is 24.5 Å². The predicted molar refractivity (Wildman–Crippen MR) is 201 cm³/mol. The fourth-order valence-electron chi connectivity index (χ4n) is 8.22. The summed E-state index contributed by atoms with van der Waals surface area (Å²) in [4.78, 5) is 52.6. The summed E-state index contributed by atoms with van der Waals surface area (Å²) >= 11 is 0. The minimum absolute atomic E-state index is 0.000704. The van der Waals surface area contributed by atoms with Crippen molar-refractivity contribution in [2.75, 3.05) is 14.1 Å². The highest BCUT2D eigenvalue weighted by atomic mass is 28.4. The van der Waals surface area contributed by atoms with Crippen molar-refractivity contribution >= 4 is 25.7 Å². The lowest BCUT2D eigenvalue weighted by molar-refractivity contribution is -0.152. The molecule has 11 heteroatoms. The van der Waals surface area contributed by atoms with Gasteiger partial charge in [0, 0.05) is 18.0 Å². The lowest BCUT2D eigenvalue weighted by Gasteiger charge is -2.57. The van der Waals surface area contributed by atoms with E-state index in [1.54, 1.807) is 12.3 Å². The Kier molecular flexibility index (Phi) is 9.41. The third-order valence-corrected chi connectivity index (χ3v) is 16.2. The highest BCUT2D eigenvalue weighted by Crippen LogP contribution is 2.60. The molecular formula is C42H47N3O7Si. The highest BCUT2D eigenvalue weighted by Gasteiger charge is 2.71.